The first-order valence-corrected chi connectivity index (χ1v) is 43.8. The Labute approximate surface area is 627 Å². The second-order valence-corrected chi connectivity index (χ2v) is 30.1. The van der Waals surface area contributed by atoms with E-state index < -0.39 is 91.5 Å². The van der Waals surface area contributed by atoms with Crippen molar-refractivity contribution in [3.63, 3.8) is 0 Å². The summed E-state index contributed by atoms with van der Waals surface area (Å²) in [5.74, 6) is -1.57. The summed E-state index contributed by atoms with van der Waals surface area (Å²) in [7, 11) is -9.78. The first kappa shape index (κ1) is 98.9. The number of aliphatic hydroxyl groups excluding tert-OH is 2. The van der Waals surface area contributed by atoms with E-state index >= 15 is 0 Å². The molecule has 0 saturated heterocycles. The highest BCUT2D eigenvalue weighted by Gasteiger charge is 2.29. The standard InChI is InChI=1S/C85H148O16P2/c1-4-7-10-13-16-19-22-24-26-28-30-32-34-36-38-39-41-43-44-46-48-50-52-54-57-59-62-65-68-71-83(88)95-74-80(86)75-97-102(91,92)98-76-81(87)77-99-103(93,94)100-79-82(101-85(90)73-70-67-64-61-56-21-18-15-12-9-6-3)78-96-84(89)72-69-66-63-60-58-55-53-51-49-47-45-42-40-37-35-33-31-29-27-25-23-20-17-14-11-8-5-2/h7,10,16-17,19-20,24-27,30-33,36-38,40-41,43,80-82,86-87H,4-6,8-9,11-15,18,21-23,28-29,34-35,39,42,44-79H2,1-3H3,(H,91,92)(H,93,94)/b10-7-,19-16-,20-17-,26-24-,27-25-,32-30-,33-31-,38-36-,40-37-,43-41-. The number of phosphoric acid groups is 2. The Morgan fingerprint density at radius 1 is 0.282 bits per heavy atom. The maximum Gasteiger partial charge on any atom is 0.472 e. The molecule has 4 N–H and O–H groups in total. The number of rotatable bonds is 77. The van der Waals surface area contributed by atoms with E-state index in [2.05, 4.69) is 142 Å². The lowest BCUT2D eigenvalue weighted by Gasteiger charge is -2.21. The lowest BCUT2D eigenvalue weighted by molar-refractivity contribution is -0.161. The van der Waals surface area contributed by atoms with E-state index in [-0.39, 0.29) is 19.3 Å². The van der Waals surface area contributed by atoms with Crippen LogP contribution in [0.1, 0.15) is 342 Å². The van der Waals surface area contributed by atoms with Crippen LogP contribution in [0.4, 0.5) is 0 Å². The molecule has 18 heteroatoms. The largest absolute Gasteiger partial charge is 0.472 e. The van der Waals surface area contributed by atoms with Gasteiger partial charge in [-0.2, -0.15) is 0 Å². The van der Waals surface area contributed by atoms with Crippen molar-refractivity contribution < 1.29 is 75.8 Å². The molecule has 0 spiro atoms. The number of hydrogen-bond donors (Lipinski definition) is 4. The summed E-state index contributed by atoms with van der Waals surface area (Å²) in [6.07, 6.45) is 92.5. The van der Waals surface area contributed by atoms with Crippen molar-refractivity contribution >= 4 is 33.6 Å². The van der Waals surface area contributed by atoms with Crippen LogP contribution in [0.5, 0.6) is 0 Å². The molecule has 0 rings (SSSR count). The lowest BCUT2D eigenvalue weighted by Crippen LogP contribution is -2.30. The van der Waals surface area contributed by atoms with Gasteiger partial charge in [-0.15, -0.1) is 0 Å². The molecule has 594 valence electrons. The van der Waals surface area contributed by atoms with Gasteiger partial charge >= 0.3 is 33.6 Å². The number of ether oxygens (including phenoxy) is 3. The molecule has 0 heterocycles. The molecule has 5 unspecified atom stereocenters. The molecule has 0 aromatic rings. The van der Waals surface area contributed by atoms with Gasteiger partial charge in [-0.25, -0.2) is 9.13 Å². The smallest absolute Gasteiger partial charge is 0.463 e. The predicted molar refractivity (Wildman–Crippen MR) is 427 cm³/mol. The van der Waals surface area contributed by atoms with Crippen LogP contribution in [0.3, 0.4) is 0 Å². The average Bonchev–Trinajstić information content (AvgIpc) is 0.915. The number of unbranched alkanes of at least 4 members (excludes halogenated alkanes) is 34. The zero-order chi connectivity index (χ0) is 75.2. The van der Waals surface area contributed by atoms with E-state index in [1.54, 1.807) is 0 Å². The number of carbonyl (C=O) groups excluding carboxylic acids is 3. The second kappa shape index (κ2) is 77.6. The number of hydrogen-bond acceptors (Lipinski definition) is 14. The molecule has 0 aliphatic heterocycles. The summed E-state index contributed by atoms with van der Waals surface area (Å²) < 4.78 is 61.1. The monoisotopic (exact) mass is 1490 g/mol. The summed E-state index contributed by atoms with van der Waals surface area (Å²) in [4.78, 5) is 58.6. The molecule has 0 fully saturated rings. The van der Waals surface area contributed by atoms with Gasteiger partial charge in [0.2, 0.25) is 0 Å². The molecular formula is C85H148O16P2. The zero-order valence-electron chi connectivity index (χ0n) is 65.0. The quantitative estimate of drug-likeness (QED) is 0.0146. The van der Waals surface area contributed by atoms with Crippen molar-refractivity contribution in [2.24, 2.45) is 0 Å². The topological polar surface area (TPSA) is 231 Å². The van der Waals surface area contributed by atoms with Gasteiger partial charge in [0.05, 0.1) is 26.4 Å². The van der Waals surface area contributed by atoms with Gasteiger partial charge < -0.3 is 34.2 Å². The first-order chi connectivity index (χ1) is 50.2. The molecule has 16 nitrogen and oxygen atoms in total. The fraction of sp³-hybridized carbons (Fsp3) is 0.729. The van der Waals surface area contributed by atoms with E-state index in [9.17, 15) is 43.5 Å². The molecule has 0 saturated carbocycles. The SMILES string of the molecule is CC/C=C\C/C=C\C/C=C\C/C=C\C/C=C\C/C=C\CCCCCCCCCCCCC(=O)OCC(O)COP(=O)(O)OCC(O)COP(=O)(O)OCC(COC(=O)CCCCCCCCCCCCC/C=C\C/C=C\C/C=C\C/C=C\CCCCC)OC(=O)CCCCCCCCCCCCC. The summed E-state index contributed by atoms with van der Waals surface area (Å²) in [5.41, 5.74) is 0. The van der Waals surface area contributed by atoms with Gasteiger partial charge in [0, 0.05) is 19.3 Å². The lowest BCUT2D eigenvalue weighted by atomic mass is 10.0. The number of carbonyl (C=O) groups is 3. The third-order valence-corrected chi connectivity index (χ3v) is 19.1. The molecule has 0 aromatic carbocycles. The normalized spacial score (nSPS) is 14.6. The third kappa shape index (κ3) is 78.8. The van der Waals surface area contributed by atoms with E-state index in [1.807, 2.05) is 0 Å². The molecule has 0 aromatic heterocycles. The highest BCUT2D eigenvalue weighted by molar-refractivity contribution is 7.47. The van der Waals surface area contributed by atoms with Crippen molar-refractivity contribution in [3.05, 3.63) is 122 Å². The average molecular weight is 1490 g/mol. The van der Waals surface area contributed by atoms with Crippen LogP contribution in [0.15, 0.2) is 122 Å². The number of aliphatic hydroxyl groups is 2. The third-order valence-electron chi connectivity index (χ3n) is 17.2. The first-order valence-electron chi connectivity index (χ1n) is 40.8. The minimum atomic E-state index is -4.93. The van der Waals surface area contributed by atoms with Crippen molar-refractivity contribution in [1.29, 1.82) is 0 Å². The Balaban J connectivity index is 4.44. The van der Waals surface area contributed by atoms with Gasteiger partial charge in [-0.1, -0.05) is 328 Å². The molecule has 0 amide bonds. The van der Waals surface area contributed by atoms with Gasteiger partial charge in [0.15, 0.2) is 6.10 Å². The van der Waals surface area contributed by atoms with Crippen LogP contribution >= 0.6 is 15.6 Å². The van der Waals surface area contributed by atoms with Gasteiger partial charge in [0.1, 0.15) is 25.4 Å². The minimum Gasteiger partial charge on any atom is -0.463 e. The van der Waals surface area contributed by atoms with E-state index in [0.29, 0.717) is 19.3 Å². The molecule has 103 heavy (non-hydrogen) atoms. The maximum absolute atomic E-state index is 12.9. The summed E-state index contributed by atoms with van der Waals surface area (Å²) in [5, 5.41) is 20.6. The van der Waals surface area contributed by atoms with Crippen LogP contribution in [-0.2, 0) is 55.8 Å². The van der Waals surface area contributed by atoms with Crippen molar-refractivity contribution in [2.75, 3.05) is 39.6 Å². The molecular weight excluding hydrogens is 1340 g/mol. The van der Waals surface area contributed by atoms with Gasteiger partial charge in [-0.3, -0.25) is 32.5 Å². The molecule has 0 radical (unpaired) electrons. The Kier molecular flexibility index (Phi) is 74.5. The molecule has 5 atom stereocenters. The Morgan fingerprint density at radius 3 is 0.835 bits per heavy atom. The highest BCUT2D eigenvalue weighted by atomic mass is 31.2. The zero-order valence-corrected chi connectivity index (χ0v) is 66.7. The van der Waals surface area contributed by atoms with E-state index in [1.165, 1.54) is 135 Å². The van der Waals surface area contributed by atoms with Crippen LogP contribution in [-0.4, -0.2) is 95.9 Å². The molecule has 0 aliphatic rings. The van der Waals surface area contributed by atoms with Crippen molar-refractivity contribution in [3.8, 4) is 0 Å². The summed E-state index contributed by atoms with van der Waals surface area (Å²) in [6.45, 7) is 2.55. The Bertz CT molecular complexity index is 2360. The van der Waals surface area contributed by atoms with Crippen LogP contribution in [0.2, 0.25) is 0 Å². The summed E-state index contributed by atoms with van der Waals surface area (Å²) in [6, 6.07) is 0. The van der Waals surface area contributed by atoms with E-state index in [0.717, 1.165) is 148 Å². The second-order valence-electron chi connectivity index (χ2n) is 27.2. The van der Waals surface area contributed by atoms with Gasteiger partial charge in [0.25, 0.3) is 0 Å². The Morgan fingerprint density at radius 2 is 0.515 bits per heavy atom. The van der Waals surface area contributed by atoms with Crippen LogP contribution < -0.4 is 0 Å². The van der Waals surface area contributed by atoms with Gasteiger partial charge in [-0.05, 0) is 116 Å². The summed E-state index contributed by atoms with van der Waals surface area (Å²) >= 11 is 0. The van der Waals surface area contributed by atoms with Crippen molar-refractivity contribution in [1.82, 2.24) is 0 Å². The van der Waals surface area contributed by atoms with Crippen LogP contribution in [0.25, 0.3) is 0 Å². The van der Waals surface area contributed by atoms with Crippen molar-refractivity contribution in [2.45, 2.75) is 360 Å². The number of allylic oxidation sites excluding steroid dienone is 20. The fourth-order valence-corrected chi connectivity index (χ4v) is 12.6. The maximum atomic E-state index is 12.9. The fourth-order valence-electron chi connectivity index (χ4n) is 11.0. The van der Waals surface area contributed by atoms with E-state index in [4.69, 9.17) is 32.3 Å². The number of esters is 3. The highest BCUT2D eigenvalue weighted by Crippen LogP contribution is 2.45. The Hall–Kier alpha value is -4.05. The molecule has 0 aliphatic carbocycles. The minimum absolute atomic E-state index is 0.106. The predicted octanol–water partition coefficient (Wildman–Crippen LogP) is 24.1. The molecule has 0 bridgehead atoms. The number of phosphoric ester groups is 2. The van der Waals surface area contributed by atoms with Crippen LogP contribution in [0, 0.1) is 0 Å².